The van der Waals surface area contributed by atoms with Gasteiger partial charge in [0.1, 0.15) is 0 Å². The Morgan fingerprint density at radius 1 is 1.29 bits per heavy atom. The Morgan fingerprint density at radius 3 is 2.79 bits per heavy atom. The van der Waals surface area contributed by atoms with E-state index in [-0.39, 0.29) is 17.6 Å². The minimum absolute atomic E-state index is 0.0465. The van der Waals surface area contributed by atoms with Crippen LogP contribution in [0.2, 0.25) is 10.0 Å². The van der Waals surface area contributed by atoms with Gasteiger partial charge in [-0.05, 0) is 38.1 Å². The van der Waals surface area contributed by atoms with E-state index in [1.165, 1.54) is 0 Å². The van der Waals surface area contributed by atoms with Gasteiger partial charge in [-0.15, -0.1) is 5.10 Å². The van der Waals surface area contributed by atoms with E-state index in [1.54, 1.807) is 28.9 Å². The number of amides is 1. The molecule has 3 rings (SSSR count). The zero-order chi connectivity index (χ0) is 17.3. The van der Waals surface area contributed by atoms with Crippen molar-refractivity contribution in [1.29, 1.82) is 0 Å². The van der Waals surface area contributed by atoms with Crippen LogP contribution in [0.15, 0.2) is 28.7 Å². The number of aryl methyl sites for hydroxylation is 2. The van der Waals surface area contributed by atoms with E-state index in [4.69, 9.17) is 27.6 Å². The number of benzene rings is 1. The Kier molecular flexibility index (Phi) is 4.55. The van der Waals surface area contributed by atoms with Crippen LogP contribution in [0.1, 0.15) is 23.1 Å². The smallest absolute Gasteiger partial charge is 0.322 e. The molecule has 0 unspecified atom stereocenters. The van der Waals surface area contributed by atoms with Crippen molar-refractivity contribution in [3.63, 3.8) is 0 Å². The largest absolute Gasteiger partial charge is 0.403 e. The summed E-state index contributed by atoms with van der Waals surface area (Å²) >= 11 is 12.0. The molecule has 0 radical (unpaired) electrons. The number of halogens is 2. The van der Waals surface area contributed by atoms with Gasteiger partial charge in [-0.1, -0.05) is 28.3 Å². The van der Waals surface area contributed by atoms with E-state index in [0.717, 1.165) is 5.69 Å². The molecule has 1 aromatic carbocycles. The molecule has 0 bridgehead atoms. The third-order valence-electron chi connectivity index (χ3n) is 3.32. The third kappa shape index (κ3) is 3.27. The van der Waals surface area contributed by atoms with E-state index in [9.17, 15) is 4.79 Å². The second-order valence-corrected chi connectivity index (χ2v) is 5.82. The number of nitrogens with zero attached hydrogens (tertiary/aromatic N) is 4. The van der Waals surface area contributed by atoms with Crippen molar-refractivity contribution < 1.29 is 9.21 Å². The molecule has 3 aromatic rings. The highest BCUT2D eigenvalue weighted by atomic mass is 35.5. The minimum Gasteiger partial charge on any atom is -0.403 e. The lowest BCUT2D eigenvalue weighted by atomic mass is 10.2. The third-order valence-corrected chi connectivity index (χ3v) is 3.88. The molecule has 2 aromatic heterocycles. The quantitative estimate of drug-likeness (QED) is 0.759. The summed E-state index contributed by atoms with van der Waals surface area (Å²) in [7, 11) is 0. The number of carbonyl (C=O) groups excluding carboxylic acids is 1. The maximum absolute atomic E-state index is 12.2. The Balaban J connectivity index is 1.80. The summed E-state index contributed by atoms with van der Waals surface area (Å²) in [6, 6.07) is 6.52. The molecule has 0 aliphatic rings. The molecule has 0 fully saturated rings. The summed E-state index contributed by atoms with van der Waals surface area (Å²) in [6.07, 6.45) is 0. The summed E-state index contributed by atoms with van der Waals surface area (Å²) in [6.45, 7) is 4.50. The molecule has 7 nitrogen and oxygen atoms in total. The second kappa shape index (κ2) is 6.62. The molecule has 0 aliphatic carbocycles. The predicted octanol–water partition coefficient (Wildman–Crippen LogP) is 3.82. The second-order valence-electron chi connectivity index (χ2n) is 4.98. The van der Waals surface area contributed by atoms with Gasteiger partial charge >= 0.3 is 6.01 Å². The number of rotatable bonds is 4. The summed E-state index contributed by atoms with van der Waals surface area (Å²) in [5.74, 6) is -0.272. The fraction of sp³-hybridized carbons (Fsp3) is 0.200. The first-order valence-corrected chi connectivity index (χ1v) is 7.88. The van der Waals surface area contributed by atoms with E-state index < -0.39 is 5.91 Å². The Hall–Kier alpha value is -2.38. The number of hydrogen-bond donors (Lipinski definition) is 1. The van der Waals surface area contributed by atoms with Crippen molar-refractivity contribution in [2.45, 2.75) is 20.4 Å². The topological polar surface area (TPSA) is 85.8 Å². The molecule has 0 saturated carbocycles. The number of nitrogens with one attached hydrogen (secondary N) is 1. The predicted molar refractivity (Wildman–Crippen MR) is 90.3 cm³/mol. The van der Waals surface area contributed by atoms with Crippen LogP contribution in [0.5, 0.6) is 0 Å². The number of aromatic nitrogens is 4. The van der Waals surface area contributed by atoms with Crippen molar-refractivity contribution in [2.75, 3.05) is 5.32 Å². The van der Waals surface area contributed by atoms with Crippen molar-refractivity contribution >= 4 is 35.1 Å². The molecule has 1 N–H and O–H groups in total. The van der Waals surface area contributed by atoms with Gasteiger partial charge in [0.05, 0.1) is 10.6 Å². The van der Waals surface area contributed by atoms with Crippen LogP contribution in [0.25, 0.3) is 11.5 Å². The maximum Gasteiger partial charge on any atom is 0.322 e. The van der Waals surface area contributed by atoms with Crippen LogP contribution in [-0.2, 0) is 6.54 Å². The fourth-order valence-electron chi connectivity index (χ4n) is 2.15. The average molecular weight is 366 g/mol. The van der Waals surface area contributed by atoms with Gasteiger partial charge in [0, 0.05) is 17.3 Å². The first-order chi connectivity index (χ1) is 11.5. The SMILES string of the molecule is CCn1nc(C(=O)Nc2nnc(-c3cc(Cl)ccc3Cl)o2)cc1C. The van der Waals surface area contributed by atoms with Crippen molar-refractivity contribution in [2.24, 2.45) is 0 Å². The molecule has 24 heavy (non-hydrogen) atoms. The summed E-state index contributed by atoms with van der Waals surface area (Å²) < 4.78 is 7.15. The van der Waals surface area contributed by atoms with E-state index in [1.807, 2.05) is 13.8 Å². The summed E-state index contributed by atoms with van der Waals surface area (Å²) in [5.41, 5.74) is 1.65. The van der Waals surface area contributed by atoms with E-state index in [0.29, 0.717) is 22.2 Å². The Bertz CT molecular complexity index is 903. The monoisotopic (exact) mass is 365 g/mol. The van der Waals surface area contributed by atoms with Gasteiger partial charge in [0.2, 0.25) is 0 Å². The molecular weight excluding hydrogens is 353 g/mol. The van der Waals surface area contributed by atoms with E-state index >= 15 is 0 Å². The molecule has 0 aliphatic heterocycles. The molecule has 0 spiro atoms. The van der Waals surface area contributed by atoms with Crippen LogP contribution in [0, 0.1) is 6.92 Å². The van der Waals surface area contributed by atoms with Crippen molar-refractivity contribution in [3.8, 4) is 11.5 Å². The lowest BCUT2D eigenvalue weighted by Crippen LogP contribution is -2.13. The lowest BCUT2D eigenvalue weighted by molar-refractivity contribution is 0.101. The minimum atomic E-state index is -0.433. The van der Waals surface area contributed by atoms with Crippen molar-refractivity contribution in [3.05, 3.63) is 45.7 Å². The molecule has 9 heteroatoms. The molecule has 2 heterocycles. The summed E-state index contributed by atoms with van der Waals surface area (Å²) in [4.78, 5) is 12.2. The number of hydrogen-bond acceptors (Lipinski definition) is 5. The normalized spacial score (nSPS) is 10.8. The molecule has 0 saturated heterocycles. The van der Waals surface area contributed by atoms with E-state index in [2.05, 4.69) is 20.6 Å². The molecule has 0 atom stereocenters. The average Bonchev–Trinajstić information content (AvgIpc) is 3.16. The Labute approximate surface area is 147 Å². The molecule has 1 amide bonds. The zero-order valence-electron chi connectivity index (χ0n) is 12.9. The van der Waals surface area contributed by atoms with Crippen LogP contribution < -0.4 is 5.32 Å². The van der Waals surface area contributed by atoms with Gasteiger partial charge in [0.15, 0.2) is 5.69 Å². The highest BCUT2D eigenvalue weighted by Crippen LogP contribution is 2.30. The first kappa shape index (κ1) is 16.5. The highest BCUT2D eigenvalue weighted by molar-refractivity contribution is 6.35. The molecular formula is C15H13Cl2N5O2. The van der Waals surface area contributed by atoms with Crippen LogP contribution in [-0.4, -0.2) is 25.9 Å². The zero-order valence-corrected chi connectivity index (χ0v) is 14.4. The van der Waals surface area contributed by atoms with Gasteiger partial charge in [0.25, 0.3) is 11.8 Å². The lowest BCUT2D eigenvalue weighted by Gasteiger charge is -1.99. The van der Waals surface area contributed by atoms with Crippen LogP contribution in [0.4, 0.5) is 6.01 Å². The highest BCUT2D eigenvalue weighted by Gasteiger charge is 2.17. The number of carbonyl (C=O) groups is 1. The van der Waals surface area contributed by atoms with Gasteiger partial charge in [-0.3, -0.25) is 14.8 Å². The van der Waals surface area contributed by atoms with Gasteiger partial charge < -0.3 is 4.42 Å². The fourth-order valence-corrected chi connectivity index (χ4v) is 2.52. The first-order valence-electron chi connectivity index (χ1n) is 7.12. The van der Waals surface area contributed by atoms with Crippen LogP contribution >= 0.6 is 23.2 Å². The maximum atomic E-state index is 12.2. The van der Waals surface area contributed by atoms with Gasteiger partial charge in [-0.2, -0.15) is 5.10 Å². The van der Waals surface area contributed by atoms with Crippen LogP contribution in [0.3, 0.4) is 0 Å². The Morgan fingerprint density at radius 2 is 2.08 bits per heavy atom. The molecule has 124 valence electrons. The standard InChI is InChI=1S/C15H13Cl2N5O2/c1-3-22-8(2)6-12(21-22)13(23)18-15-20-19-14(24-15)10-7-9(16)4-5-11(10)17/h4-7H,3H2,1-2H3,(H,18,20,23). The number of anilines is 1. The summed E-state index contributed by atoms with van der Waals surface area (Å²) in [5, 5.41) is 15.3. The van der Waals surface area contributed by atoms with Crippen molar-refractivity contribution in [1.82, 2.24) is 20.0 Å². The van der Waals surface area contributed by atoms with Gasteiger partial charge in [-0.25, -0.2) is 0 Å².